The van der Waals surface area contributed by atoms with E-state index in [9.17, 15) is 18.0 Å². The summed E-state index contributed by atoms with van der Waals surface area (Å²) in [6.07, 6.45) is 8.04. The Bertz CT molecular complexity index is 956. The lowest BCUT2D eigenvalue weighted by Crippen LogP contribution is -2.49. The molecule has 3 aliphatic rings. The number of sulfonamides is 1. The number of carbonyl (C=O) groups is 2. The minimum atomic E-state index is -3.68. The van der Waals surface area contributed by atoms with Gasteiger partial charge in [0.1, 0.15) is 12.3 Å². The lowest BCUT2D eigenvalue weighted by molar-refractivity contribution is -0.126. The third-order valence-corrected chi connectivity index (χ3v) is 8.73. The van der Waals surface area contributed by atoms with Crippen LogP contribution in [0, 0.1) is 5.92 Å². The van der Waals surface area contributed by atoms with Crippen LogP contribution >= 0.6 is 0 Å². The largest absolute Gasteiger partial charge is 0.482 e. The van der Waals surface area contributed by atoms with Crippen LogP contribution in [0.2, 0.25) is 0 Å². The molecule has 0 radical (unpaired) electrons. The molecular formula is C23H33N3O5S. The third-order valence-electron chi connectivity index (χ3n) is 6.84. The van der Waals surface area contributed by atoms with Gasteiger partial charge >= 0.3 is 0 Å². The maximum atomic E-state index is 13.2. The van der Waals surface area contributed by atoms with Gasteiger partial charge < -0.3 is 10.1 Å². The molecule has 2 aliphatic heterocycles. The summed E-state index contributed by atoms with van der Waals surface area (Å²) in [7, 11) is -3.68. The normalized spacial score (nSPS) is 24.9. The third kappa shape index (κ3) is 4.93. The van der Waals surface area contributed by atoms with Crippen LogP contribution in [0.25, 0.3) is 0 Å². The molecule has 2 fully saturated rings. The molecule has 2 amide bonds. The van der Waals surface area contributed by atoms with E-state index in [4.69, 9.17) is 4.74 Å². The maximum Gasteiger partial charge on any atom is 0.265 e. The van der Waals surface area contributed by atoms with Crippen LogP contribution in [-0.4, -0.2) is 56.8 Å². The van der Waals surface area contributed by atoms with Crippen LogP contribution in [-0.2, 0) is 19.6 Å². The summed E-state index contributed by atoms with van der Waals surface area (Å²) in [5.74, 6) is 0.239. The topological polar surface area (TPSA) is 96.0 Å². The van der Waals surface area contributed by atoms with Gasteiger partial charge in [-0.2, -0.15) is 4.31 Å². The fourth-order valence-electron chi connectivity index (χ4n) is 4.87. The number of ether oxygens (including phenoxy) is 1. The number of nitrogens with one attached hydrogen (secondary N) is 1. The Balaban J connectivity index is 1.55. The van der Waals surface area contributed by atoms with Crippen molar-refractivity contribution in [2.24, 2.45) is 5.92 Å². The van der Waals surface area contributed by atoms with Gasteiger partial charge in [-0.1, -0.05) is 32.6 Å². The molecule has 0 aromatic heterocycles. The zero-order valence-corrected chi connectivity index (χ0v) is 19.5. The fourth-order valence-corrected chi connectivity index (χ4v) is 6.41. The number of hydrogen-bond acceptors (Lipinski definition) is 5. The standard InChI is InChI=1S/C23H33N3O5S/c1-17-8-4-5-9-19(17)24-22(27)15-26-20-14-18(10-11-21(20)31-16-23(26)28)32(29,30)25-12-6-2-3-7-13-25/h10-11,14,17,19H,2-9,12-13,15-16H2,1H3,(H,24,27)/t17-,19-/m1/s1. The monoisotopic (exact) mass is 463 g/mol. The molecule has 32 heavy (non-hydrogen) atoms. The number of benzene rings is 1. The zero-order chi connectivity index (χ0) is 22.7. The van der Waals surface area contributed by atoms with E-state index in [-0.39, 0.29) is 35.9 Å². The number of rotatable bonds is 5. The van der Waals surface area contributed by atoms with Crippen molar-refractivity contribution in [3.8, 4) is 5.75 Å². The molecule has 176 valence electrons. The van der Waals surface area contributed by atoms with Gasteiger partial charge in [0.15, 0.2) is 6.61 Å². The average Bonchev–Trinajstić information content (AvgIpc) is 3.07. The molecule has 0 spiro atoms. The van der Waals surface area contributed by atoms with E-state index in [1.807, 2.05) is 0 Å². The molecule has 1 aromatic rings. The van der Waals surface area contributed by atoms with Crippen LogP contribution in [0.1, 0.15) is 58.3 Å². The van der Waals surface area contributed by atoms with Gasteiger partial charge in [0, 0.05) is 19.1 Å². The smallest absolute Gasteiger partial charge is 0.265 e. The highest BCUT2D eigenvalue weighted by molar-refractivity contribution is 7.89. The predicted molar refractivity (Wildman–Crippen MR) is 121 cm³/mol. The number of anilines is 1. The molecule has 0 unspecified atom stereocenters. The van der Waals surface area contributed by atoms with Crippen LogP contribution in [0.15, 0.2) is 23.1 Å². The Morgan fingerprint density at radius 1 is 1.09 bits per heavy atom. The Hall–Kier alpha value is -2.13. The highest BCUT2D eigenvalue weighted by Gasteiger charge is 2.32. The zero-order valence-electron chi connectivity index (χ0n) is 18.7. The molecule has 2 atom stereocenters. The molecule has 9 heteroatoms. The summed E-state index contributed by atoms with van der Waals surface area (Å²) in [6, 6.07) is 4.70. The van der Waals surface area contributed by atoms with Crippen molar-refractivity contribution < 1.29 is 22.7 Å². The number of fused-ring (bicyclic) bond motifs is 1. The van der Waals surface area contributed by atoms with E-state index in [2.05, 4.69) is 12.2 Å². The Morgan fingerprint density at radius 2 is 1.81 bits per heavy atom. The second-order valence-electron chi connectivity index (χ2n) is 9.15. The lowest BCUT2D eigenvalue weighted by Gasteiger charge is -2.32. The first-order valence-electron chi connectivity index (χ1n) is 11.7. The SMILES string of the molecule is C[C@@H]1CCCC[C@H]1NC(=O)CN1C(=O)COc2ccc(S(=O)(=O)N3CCCCCC3)cc21. The second-order valence-corrected chi connectivity index (χ2v) is 11.1. The van der Waals surface area contributed by atoms with Crippen molar-refractivity contribution in [2.75, 3.05) is 31.1 Å². The molecule has 8 nitrogen and oxygen atoms in total. The molecule has 1 aromatic carbocycles. The Kier molecular flexibility index (Phi) is 7.05. The lowest BCUT2D eigenvalue weighted by atomic mass is 9.86. The number of hydrogen-bond donors (Lipinski definition) is 1. The first-order valence-corrected chi connectivity index (χ1v) is 13.2. The first-order chi connectivity index (χ1) is 15.4. The second kappa shape index (κ2) is 9.79. The average molecular weight is 464 g/mol. The van der Waals surface area contributed by atoms with E-state index < -0.39 is 10.0 Å². The summed E-state index contributed by atoms with van der Waals surface area (Å²) in [4.78, 5) is 26.9. The fraction of sp³-hybridized carbons (Fsp3) is 0.652. The van der Waals surface area contributed by atoms with Gasteiger partial charge in [0.2, 0.25) is 15.9 Å². The van der Waals surface area contributed by atoms with Gasteiger partial charge in [0.05, 0.1) is 10.6 Å². The van der Waals surface area contributed by atoms with Crippen molar-refractivity contribution in [1.82, 2.24) is 9.62 Å². The maximum absolute atomic E-state index is 13.2. The summed E-state index contributed by atoms with van der Waals surface area (Å²) >= 11 is 0. The van der Waals surface area contributed by atoms with E-state index >= 15 is 0 Å². The highest BCUT2D eigenvalue weighted by Crippen LogP contribution is 2.35. The summed E-state index contributed by atoms with van der Waals surface area (Å²) in [5.41, 5.74) is 0.337. The summed E-state index contributed by atoms with van der Waals surface area (Å²) in [5, 5.41) is 3.07. The molecule has 4 rings (SSSR count). The molecule has 1 saturated heterocycles. The molecular weight excluding hydrogens is 430 g/mol. The van der Waals surface area contributed by atoms with E-state index in [0.717, 1.165) is 44.9 Å². The minimum absolute atomic E-state index is 0.113. The van der Waals surface area contributed by atoms with E-state index in [1.54, 1.807) is 6.07 Å². The van der Waals surface area contributed by atoms with Crippen molar-refractivity contribution in [1.29, 1.82) is 0 Å². The summed E-state index contributed by atoms with van der Waals surface area (Å²) in [6.45, 7) is 2.82. The Labute approximate surface area is 190 Å². The number of amides is 2. The van der Waals surface area contributed by atoms with Crippen molar-refractivity contribution in [3.63, 3.8) is 0 Å². The predicted octanol–water partition coefficient (Wildman–Crippen LogP) is 2.67. The van der Waals surface area contributed by atoms with Crippen LogP contribution in [0.3, 0.4) is 0 Å². The van der Waals surface area contributed by atoms with Gasteiger partial charge in [-0.25, -0.2) is 8.42 Å². The van der Waals surface area contributed by atoms with Crippen LogP contribution < -0.4 is 15.0 Å². The van der Waals surface area contributed by atoms with Gasteiger partial charge in [-0.05, 0) is 49.8 Å². The molecule has 1 aliphatic carbocycles. The molecule has 0 bridgehead atoms. The van der Waals surface area contributed by atoms with Crippen molar-refractivity contribution in [2.45, 2.75) is 69.2 Å². The van der Waals surface area contributed by atoms with E-state index in [1.165, 1.54) is 27.8 Å². The highest BCUT2D eigenvalue weighted by atomic mass is 32.2. The number of nitrogens with zero attached hydrogens (tertiary/aromatic N) is 2. The van der Waals surface area contributed by atoms with Gasteiger partial charge in [0.25, 0.3) is 5.91 Å². The van der Waals surface area contributed by atoms with Crippen LogP contribution in [0.4, 0.5) is 5.69 Å². The van der Waals surface area contributed by atoms with E-state index in [0.29, 0.717) is 30.4 Å². The van der Waals surface area contributed by atoms with Gasteiger partial charge in [-0.3, -0.25) is 14.5 Å². The molecule has 2 heterocycles. The van der Waals surface area contributed by atoms with Crippen molar-refractivity contribution >= 4 is 27.5 Å². The first kappa shape index (κ1) is 23.0. The summed E-state index contributed by atoms with van der Waals surface area (Å²) < 4.78 is 33.5. The van der Waals surface area contributed by atoms with Crippen molar-refractivity contribution in [3.05, 3.63) is 18.2 Å². The minimum Gasteiger partial charge on any atom is -0.482 e. The number of carbonyl (C=O) groups excluding carboxylic acids is 2. The van der Waals surface area contributed by atoms with Gasteiger partial charge in [-0.15, -0.1) is 0 Å². The molecule has 1 N–H and O–H groups in total. The molecule has 1 saturated carbocycles. The quantitative estimate of drug-likeness (QED) is 0.724. The van der Waals surface area contributed by atoms with Crippen LogP contribution in [0.5, 0.6) is 5.75 Å². The Morgan fingerprint density at radius 3 is 2.53 bits per heavy atom.